The molecule has 0 aliphatic heterocycles. The Kier molecular flexibility index (Phi) is 5.49. The molecule has 42 heavy (non-hydrogen) atoms. The summed E-state index contributed by atoms with van der Waals surface area (Å²) >= 11 is 0. The van der Waals surface area contributed by atoms with Crippen molar-refractivity contribution in [1.82, 2.24) is 0 Å². The molecule has 0 atom stereocenters. The molecule has 1 aliphatic carbocycles. The summed E-state index contributed by atoms with van der Waals surface area (Å²) in [5.41, 5.74) is 14.4. The van der Waals surface area contributed by atoms with E-state index in [9.17, 15) is 0 Å². The Morgan fingerprint density at radius 1 is 0.381 bits per heavy atom. The number of aryl methyl sites for hydroxylation is 1. The monoisotopic (exact) mass is 536 g/mol. The van der Waals surface area contributed by atoms with E-state index in [1.165, 1.54) is 82.7 Å². The second-order valence-corrected chi connectivity index (χ2v) is 12.2. The van der Waals surface area contributed by atoms with Gasteiger partial charge in [-0.3, -0.25) is 0 Å². The van der Waals surface area contributed by atoms with Crippen LogP contribution in [0.3, 0.4) is 0 Å². The van der Waals surface area contributed by atoms with Crippen molar-refractivity contribution < 1.29 is 0 Å². The first-order valence-electron chi connectivity index (χ1n) is 14.9. The Hall–Kier alpha value is -4.94. The summed E-state index contributed by atoms with van der Waals surface area (Å²) in [7, 11) is 0. The van der Waals surface area contributed by atoms with Gasteiger partial charge in [0.15, 0.2) is 0 Å². The zero-order chi connectivity index (χ0) is 28.4. The molecule has 0 N–H and O–H groups in total. The van der Waals surface area contributed by atoms with Gasteiger partial charge < -0.3 is 0 Å². The van der Waals surface area contributed by atoms with Gasteiger partial charge in [-0.25, -0.2) is 0 Å². The van der Waals surface area contributed by atoms with Crippen LogP contribution in [-0.2, 0) is 5.41 Å². The lowest BCUT2D eigenvalue weighted by Crippen LogP contribution is -2.14. The van der Waals surface area contributed by atoms with Gasteiger partial charge in [-0.15, -0.1) is 0 Å². The van der Waals surface area contributed by atoms with Gasteiger partial charge in [0, 0.05) is 5.41 Å². The van der Waals surface area contributed by atoms with Crippen LogP contribution in [0.1, 0.15) is 30.5 Å². The largest absolute Gasteiger partial charge is 0.0622 e. The molecular formula is C42H32. The summed E-state index contributed by atoms with van der Waals surface area (Å²) in [5, 5.41) is 5.18. The highest BCUT2D eigenvalue weighted by molar-refractivity contribution is 6.21. The van der Waals surface area contributed by atoms with E-state index in [0.29, 0.717) is 0 Å². The Morgan fingerprint density at radius 2 is 0.976 bits per heavy atom. The van der Waals surface area contributed by atoms with Gasteiger partial charge in [0.2, 0.25) is 0 Å². The summed E-state index contributed by atoms with van der Waals surface area (Å²) < 4.78 is 0. The van der Waals surface area contributed by atoms with Crippen molar-refractivity contribution in [2.45, 2.75) is 26.2 Å². The Morgan fingerprint density at radius 3 is 1.79 bits per heavy atom. The number of hydrogen-bond donors (Lipinski definition) is 0. The van der Waals surface area contributed by atoms with Crippen molar-refractivity contribution in [1.29, 1.82) is 0 Å². The van der Waals surface area contributed by atoms with Crippen LogP contribution in [0.25, 0.3) is 66.1 Å². The standard InChI is InChI=1S/C42H32/c1-27-20-22-35-37(24-27)41(31-21-23-39-36(26-31)32-16-9-10-19-38(32)42(39,2)3)34-18-8-7-17-33(34)40(35)30-15-11-14-29(25-30)28-12-5-4-6-13-28/h4-26H,1-3H3. The second kappa shape index (κ2) is 9.29. The van der Waals surface area contributed by atoms with Crippen molar-refractivity contribution in [3.05, 3.63) is 156 Å². The Balaban J connectivity index is 1.43. The van der Waals surface area contributed by atoms with Gasteiger partial charge >= 0.3 is 0 Å². The first-order chi connectivity index (χ1) is 20.5. The van der Waals surface area contributed by atoms with Gasteiger partial charge in [-0.05, 0) is 96.2 Å². The van der Waals surface area contributed by atoms with Crippen molar-refractivity contribution in [3.8, 4) is 44.5 Å². The van der Waals surface area contributed by atoms with Crippen LogP contribution >= 0.6 is 0 Å². The summed E-state index contributed by atoms with van der Waals surface area (Å²) in [6.45, 7) is 6.91. The maximum absolute atomic E-state index is 2.45. The lowest BCUT2D eigenvalue weighted by molar-refractivity contribution is 0.660. The fourth-order valence-corrected chi connectivity index (χ4v) is 7.27. The van der Waals surface area contributed by atoms with Crippen LogP contribution in [0.5, 0.6) is 0 Å². The third-order valence-corrected chi connectivity index (χ3v) is 9.31. The molecule has 7 aromatic carbocycles. The Labute approximate surface area is 247 Å². The highest BCUT2D eigenvalue weighted by Crippen LogP contribution is 2.51. The van der Waals surface area contributed by atoms with E-state index < -0.39 is 0 Å². The van der Waals surface area contributed by atoms with Crippen molar-refractivity contribution in [3.63, 3.8) is 0 Å². The van der Waals surface area contributed by atoms with Crippen LogP contribution in [0.15, 0.2) is 140 Å². The average molecular weight is 537 g/mol. The molecule has 0 bridgehead atoms. The van der Waals surface area contributed by atoms with Crippen LogP contribution in [0.4, 0.5) is 0 Å². The Bertz CT molecular complexity index is 2160. The molecule has 0 spiro atoms. The number of rotatable bonds is 3. The topological polar surface area (TPSA) is 0 Å². The third kappa shape index (κ3) is 3.68. The van der Waals surface area contributed by atoms with Crippen LogP contribution in [0.2, 0.25) is 0 Å². The molecule has 0 saturated heterocycles. The van der Waals surface area contributed by atoms with Crippen LogP contribution in [-0.4, -0.2) is 0 Å². The SMILES string of the molecule is Cc1ccc2c(-c3cccc(-c4ccccc4)c3)c3ccccc3c(-c3ccc4c(c3)-c3ccccc3C4(C)C)c2c1. The molecule has 0 saturated carbocycles. The van der Waals surface area contributed by atoms with Crippen LogP contribution < -0.4 is 0 Å². The fraction of sp³-hybridized carbons (Fsp3) is 0.0952. The van der Waals surface area contributed by atoms with E-state index >= 15 is 0 Å². The first kappa shape index (κ1) is 24.8. The van der Waals surface area contributed by atoms with E-state index in [0.717, 1.165) is 0 Å². The second-order valence-electron chi connectivity index (χ2n) is 12.2. The first-order valence-corrected chi connectivity index (χ1v) is 14.9. The summed E-state index contributed by atoms with van der Waals surface area (Å²) in [4.78, 5) is 0. The molecule has 0 unspecified atom stereocenters. The molecule has 0 amide bonds. The molecule has 0 nitrogen and oxygen atoms in total. The smallest absolute Gasteiger partial charge is 0.0158 e. The predicted octanol–water partition coefficient (Wildman–Crippen LogP) is 11.6. The van der Waals surface area contributed by atoms with E-state index in [1.54, 1.807) is 0 Å². The molecular weight excluding hydrogens is 504 g/mol. The molecule has 0 aromatic heterocycles. The minimum atomic E-state index is -0.00118. The lowest BCUT2D eigenvalue weighted by atomic mass is 9.81. The van der Waals surface area contributed by atoms with Crippen molar-refractivity contribution >= 4 is 21.5 Å². The third-order valence-electron chi connectivity index (χ3n) is 9.31. The van der Waals surface area contributed by atoms with Gasteiger partial charge in [0.1, 0.15) is 0 Å². The number of hydrogen-bond acceptors (Lipinski definition) is 0. The maximum Gasteiger partial charge on any atom is 0.0158 e. The van der Waals surface area contributed by atoms with Gasteiger partial charge in [-0.2, -0.15) is 0 Å². The molecule has 8 rings (SSSR count). The highest BCUT2D eigenvalue weighted by atomic mass is 14.4. The van der Waals surface area contributed by atoms with E-state index in [1.807, 2.05) is 0 Å². The number of fused-ring (bicyclic) bond motifs is 5. The van der Waals surface area contributed by atoms with Crippen molar-refractivity contribution in [2.24, 2.45) is 0 Å². The summed E-state index contributed by atoms with van der Waals surface area (Å²) in [6, 6.07) is 51.7. The predicted molar refractivity (Wildman–Crippen MR) is 180 cm³/mol. The van der Waals surface area contributed by atoms with E-state index in [4.69, 9.17) is 0 Å². The normalized spacial score (nSPS) is 13.3. The van der Waals surface area contributed by atoms with Gasteiger partial charge in [0.25, 0.3) is 0 Å². The minimum absolute atomic E-state index is 0.00118. The van der Waals surface area contributed by atoms with Crippen molar-refractivity contribution in [2.75, 3.05) is 0 Å². The minimum Gasteiger partial charge on any atom is -0.0622 e. The molecule has 0 heterocycles. The molecule has 7 aromatic rings. The van der Waals surface area contributed by atoms with Gasteiger partial charge in [-0.1, -0.05) is 147 Å². The van der Waals surface area contributed by atoms with Gasteiger partial charge in [0.05, 0.1) is 0 Å². The molecule has 200 valence electrons. The average Bonchev–Trinajstić information content (AvgIpc) is 3.26. The highest BCUT2D eigenvalue weighted by Gasteiger charge is 2.35. The summed E-state index contributed by atoms with van der Waals surface area (Å²) in [5.74, 6) is 0. The molecule has 0 heteroatoms. The van der Waals surface area contributed by atoms with E-state index in [-0.39, 0.29) is 5.41 Å². The maximum atomic E-state index is 2.45. The zero-order valence-corrected chi connectivity index (χ0v) is 24.3. The molecule has 0 fully saturated rings. The van der Waals surface area contributed by atoms with E-state index in [2.05, 4.69) is 160 Å². The lowest BCUT2D eigenvalue weighted by Gasteiger charge is -2.22. The quantitative estimate of drug-likeness (QED) is 0.197. The number of benzene rings is 7. The molecule has 1 aliphatic rings. The fourth-order valence-electron chi connectivity index (χ4n) is 7.27. The summed E-state index contributed by atoms with van der Waals surface area (Å²) in [6.07, 6.45) is 0. The zero-order valence-electron chi connectivity index (χ0n) is 24.3. The molecule has 0 radical (unpaired) electrons. The van der Waals surface area contributed by atoms with Crippen LogP contribution in [0, 0.1) is 6.92 Å².